The molecule has 2 aliphatic heterocycles. The summed E-state index contributed by atoms with van der Waals surface area (Å²) in [4.78, 5) is 12.3. The number of carbonyl (C=O) groups excluding carboxylic acids is 1. The molecule has 6 nitrogen and oxygen atoms in total. The summed E-state index contributed by atoms with van der Waals surface area (Å²) in [5.74, 6) is 1.55. The van der Waals surface area contributed by atoms with Crippen LogP contribution in [-0.4, -0.2) is 31.7 Å². The van der Waals surface area contributed by atoms with E-state index in [0.717, 1.165) is 29.9 Å². The number of nitrogens with one attached hydrogen (secondary N) is 3. The molecule has 0 spiro atoms. The van der Waals surface area contributed by atoms with Crippen LogP contribution >= 0.6 is 0 Å². The highest BCUT2D eigenvalue weighted by atomic mass is 16.6. The van der Waals surface area contributed by atoms with Crippen molar-refractivity contribution in [2.24, 2.45) is 5.92 Å². The summed E-state index contributed by atoms with van der Waals surface area (Å²) in [5, 5.41) is 3.08. The van der Waals surface area contributed by atoms with Gasteiger partial charge in [0.25, 0.3) is 0 Å². The molecule has 4 rings (SSSR count). The van der Waals surface area contributed by atoms with E-state index >= 15 is 0 Å². The van der Waals surface area contributed by atoms with Crippen molar-refractivity contribution < 1.29 is 14.3 Å². The van der Waals surface area contributed by atoms with Crippen molar-refractivity contribution in [3.63, 3.8) is 0 Å². The maximum Gasteiger partial charge on any atom is 0.226 e. The van der Waals surface area contributed by atoms with E-state index in [1.54, 1.807) is 0 Å². The number of amides is 1. The fraction of sp³-hybridized carbons (Fsp3) is 0.533. The first-order valence-electron chi connectivity index (χ1n) is 7.49. The van der Waals surface area contributed by atoms with Crippen LogP contribution in [0.25, 0.3) is 0 Å². The van der Waals surface area contributed by atoms with Crippen LogP contribution in [-0.2, 0) is 4.79 Å². The number of benzene rings is 1. The van der Waals surface area contributed by atoms with Gasteiger partial charge in [-0.05, 0) is 30.5 Å². The molecule has 1 saturated heterocycles. The van der Waals surface area contributed by atoms with Crippen LogP contribution in [0.2, 0.25) is 0 Å². The lowest BCUT2D eigenvalue weighted by atomic mass is 9.94. The second-order valence-electron chi connectivity index (χ2n) is 5.80. The molecule has 1 amide bonds. The van der Waals surface area contributed by atoms with E-state index in [1.807, 2.05) is 18.2 Å². The van der Waals surface area contributed by atoms with Gasteiger partial charge < -0.3 is 14.8 Å². The van der Waals surface area contributed by atoms with Gasteiger partial charge >= 0.3 is 0 Å². The Morgan fingerprint density at radius 3 is 2.81 bits per heavy atom. The Balaban J connectivity index is 1.54. The van der Waals surface area contributed by atoms with Crippen LogP contribution < -0.4 is 25.6 Å². The molecule has 6 heteroatoms. The summed E-state index contributed by atoms with van der Waals surface area (Å²) in [6.07, 6.45) is 2.21. The molecule has 1 aromatic rings. The van der Waals surface area contributed by atoms with Gasteiger partial charge in [-0.15, -0.1) is 0 Å². The van der Waals surface area contributed by atoms with Crippen LogP contribution in [0, 0.1) is 5.92 Å². The van der Waals surface area contributed by atoms with Crippen molar-refractivity contribution >= 4 is 5.91 Å². The molecule has 0 aromatic heterocycles. The van der Waals surface area contributed by atoms with Crippen molar-refractivity contribution in [3.05, 3.63) is 23.8 Å². The number of rotatable bonds is 3. The van der Waals surface area contributed by atoms with Gasteiger partial charge in [-0.3, -0.25) is 10.2 Å². The van der Waals surface area contributed by atoms with Gasteiger partial charge in [-0.2, -0.15) is 0 Å². The van der Waals surface area contributed by atoms with Gasteiger partial charge in [0.15, 0.2) is 11.5 Å². The summed E-state index contributed by atoms with van der Waals surface area (Å²) >= 11 is 0. The van der Waals surface area contributed by atoms with Gasteiger partial charge in [0, 0.05) is 12.6 Å². The van der Waals surface area contributed by atoms with Crippen LogP contribution in [0.15, 0.2) is 18.2 Å². The monoisotopic (exact) mass is 289 g/mol. The number of carbonyl (C=O) groups is 1. The van der Waals surface area contributed by atoms with Crippen LogP contribution in [0.4, 0.5) is 0 Å². The average Bonchev–Trinajstić information content (AvgIpc) is 3.18. The minimum atomic E-state index is -0.104. The third-order valence-corrected chi connectivity index (χ3v) is 4.17. The smallest absolute Gasteiger partial charge is 0.226 e. The lowest BCUT2D eigenvalue weighted by Crippen LogP contribution is -2.36. The van der Waals surface area contributed by atoms with E-state index in [1.165, 1.54) is 0 Å². The van der Waals surface area contributed by atoms with Gasteiger partial charge in [0.2, 0.25) is 5.91 Å². The maximum absolute atomic E-state index is 12.3. The molecule has 1 aromatic carbocycles. The maximum atomic E-state index is 12.3. The minimum Gasteiger partial charge on any atom is -0.486 e. The fourth-order valence-electron chi connectivity index (χ4n) is 2.85. The Hall–Kier alpha value is -1.79. The largest absolute Gasteiger partial charge is 0.486 e. The highest BCUT2D eigenvalue weighted by molar-refractivity contribution is 5.81. The van der Waals surface area contributed by atoms with Crippen LogP contribution in [0.1, 0.15) is 24.4 Å². The highest BCUT2D eigenvalue weighted by Gasteiger charge is 2.36. The summed E-state index contributed by atoms with van der Waals surface area (Å²) in [5.41, 5.74) is 7.33. The molecule has 0 bridgehead atoms. The Bertz CT molecular complexity index is 559. The van der Waals surface area contributed by atoms with Gasteiger partial charge in [0.05, 0.1) is 12.0 Å². The second-order valence-corrected chi connectivity index (χ2v) is 5.80. The lowest BCUT2D eigenvalue weighted by Gasteiger charge is -2.22. The molecule has 3 aliphatic rings. The van der Waals surface area contributed by atoms with Crippen molar-refractivity contribution in [1.29, 1.82) is 0 Å². The van der Waals surface area contributed by atoms with Crippen LogP contribution in [0.3, 0.4) is 0 Å². The molecule has 1 saturated carbocycles. The molecule has 2 unspecified atom stereocenters. The summed E-state index contributed by atoms with van der Waals surface area (Å²) < 4.78 is 11.2. The van der Waals surface area contributed by atoms with Crippen molar-refractivity contribution in [3.8, 4) is 11.5 Å². The van der Waals surface area contributed by atoms with Crippen LogP contribution in [0.5, 0.6) is 11.5 Å². The van der Waals surface area contributed by atoms with Gasteiger partial charge in [0.1, 0.15) is 13.2 Å². The fourth-order valence-corrected chi connectivity index (χ4v) is 2.85. The molecule has 112 valence electrons. The molecule has 2 atom stereocenters. The van der Waals surface area contributed by atoms with E-state index in [2.05, 4.69) is 16.2 Å². The number of hydrogen-bond acceptors (Lipinski definition) is 5. The van der Waals surface area contributed by atoms with Gasteiger partial charge in [-0.25, -0.2) is 5.43 Å². The number of ether oxygens (including phenoxy) is 2. The Morgan fingerprint density at radius 1 is 1.19 bits per heavy atom. The predicted molar refractivity (Wildman–Crippen MR) is 76.0 cm³/mol. The van der Waals surface area contributed by atoms with Crippen molar-refractivity contribution in [2.45, 2.75) is 24.9 Å². The first-order chi connectivity index (χ1) is 10.3. The average molecular weight is 289 g/mol. The number of hydrazine groups is 1. The normalized spacial score (nSPS) is 27.4. The van der Waals surface area contributed by atoms with E-state index in [-0.39, 0.29) is 17.9 Å². The molecule has 2 fully saturated rings. The van der Waals surface area contributed by atoms with E-state index in [4.69, 9.17) is 9.47 Å². The Kier molecular flexibility index (Phi) is 3.20. The predicted octanol–water partition coefficient (Wildman–Crippen LogP) is 0.501. The summed E-state index contributed by atoms with van der Waals surface area (Å²) in [7, 11) is 0. The summed E-state index contributed by atoms with van der Waals surface area (Å²) in [6, 6.07) is 6.23. The first-order valence-corrected chi connectivity index (χ1v) is 7.49. The lowest BCUT2D eigenvalue weighted by molar-refractivity contribution is -0.125. The van der Waals surface area contributed by atoms with E-state index in [0.29, 0.717) is 25.8 Å². The Morgan fingerprint density at radius 2 is 2.00 bits per heavy atom. The molecule has 2 heterocycles. The molecule has 21 heavy (non-hydrogen) atoms. The quantitative estimate of drug-likeness (QED) is 0.756. The number of fused-ring (bicyclic) bond motifs is 1. The molecular weight excluding hydrogens is 270 g/mol. The van der Waals surface area contributed by atoms with E-state index < -0.39 is 0 Å². The Labute approximate surface area is 123 Å². The minimum absolute atomic E-state index is 0.0421. The third kappa shape index (κ3) is 2.56. The SMILES string of the molecule is O=C(NC1CC1)C1CNNC1c1ccc2c(c1)OCCO2. The first kappa shape index (κ1) is 12.9. The van der Waals surface area contributed by atoms with Crippen molar-refractivity contribution in [2.75, 3.05) is 19.8 Å². The zero-order valence-corrected chi connectivity index (χ0v) is 11.7. The molecule has 0 radical (unpaired) electrons. The summed E-state index contributed by atoms with van der Waals surface area (Å²) in [6.45, 7) is 1.79. The highest BCUT2D eigenvalue weighted by Crippen LogP contribution is 2.35. The topological polar surface area (TPSA) is 71.6 Å². The van der Waals surface area contributed by atoms with Gasteiger partial charge in [-0.1, -0.05) is 6.07 Å². The standard InChI is InChI=1S/C15H19N3O3/c19-15(17-10-2-3-10)11-8-16-18-14(11)9-1-4-12-13(7-9)21-6-5-20-12/h1,4,7,10-11,14,16,18H,2-3,5-6,8H2,(H,17,19). The second kappa shape index (κ2) is 5.20. The van der Waals surface area contributed by atoms with E-state index in [9.17, 15) is 4.79 Å². The molecule has 3 N–H and O–H groups in total. The molecular formula is C15H19N3O3. The van der Waals surface area contributed by atoms with Crippen molar-refractivity contribution in [1.82, 2.24) is 16.2 Å². The zero-order chi connectivity index (χ0) is 14.2. The third-order valence-electron chi connectivity index (χ3n) is 4.17. The number of hydrogen-bond donors (Lipinski definition) is 3. The zero-order valence-electron chi connectivity index (χ0n) is 11.7. The molecule has 1 aliphatic carbocycles.